The summed E-state index contributed by atoms with van der Waals surface area (Å²) in [6, 6.07) is -0.0695. The van der Waals surface area contributed by atoms with E-state index in [0.29, 0.717) is 0 Å². The summed E-state index contributed by atoms with van der Waals surface area (Å²) in [4.78, 5) is 7.39. The van der Waals surface area contributed by atoms with Crippen molar-refractivity contribution < 1.29 is 0 Å². The average molecular weight is 205 g/mol. The topological polar surface area (TPSA) is 72.5 Å². The van der Waals surface area contributed by atoms with E-state index in [1.807, 2.05) is 24.0 Å². The summed E-state index contributed by atoms with van der Waals surface area (Å²) in [6.07, 6.45) is 5.59. The first-order chi connectivity index (χ1) is 7.20. The van der Waals surface area contributed by atoms with Crippen molar-refractivity contribution in [2.24, 2.45) is 5.73 Å². The maximum atomic E-state index is 5.72. The van der Waals surface area contributed by atoms with Gasteiger partial charge >= 0.3 is 0 Å². The molecule has 15 heavy (non-hydrogen) atoms. The SMILES string of the molecule is CCn1cc(-c2cnc(C(C)N)[nH]2)cn1. The Kier molecular flexibility index (Phi) is 2.55. The summed E-state index contributed by atoms with van der Waals surface area (Å²) in [5, 5.41) is 4.20. The van der Waals surface area contributed by atoms with Crippen molar-refractivity contribution in [1.82, 2.24) is 19.7 Å². The molecule has 3 N–H and O–H groups in total. The molecule has 0 fully saturated rings. The van der Waals surface area contributed by atoms with Crippen LogP contribution in [0.1, 0.15) is 25.7 Å². The number of hydrogen-bond donors (Lipinski definition) is 2. The number of nitrogens with zero attached hydrogens (tertiary/aromatic N) is 3. The summed E-state index contributed by atoms with van der Waals surface area (Å²) >= 11 is 0. The van der Waals surface area contributed by atoms with Gasteiger partial charge in [-0.15, -0.1) is 0 Å². The molecule has 0 aliphatic rings. The van der Waals surface area contributed by atoms with Crippen LogP contribution in [0.2, 0.25) is 0 Å². The molecule has 0 bridgehead atoms. The Balaban J connectivity index is 2.28. The molecule has 80 valence electrons. The predicted molar refractivity (Wildman–Crippen MR) is 58.1 cm³/mol. The van der Waals surface area contributed by atoms with Gasteiger partial charge in [-0.2, -0.15) is 5.10 Å². The fourth-order valence-electron chi connectivity index (χ4n) is 1.39. The molecule has 1 unspecified atom stereocenters. The Morgan fingerprint density at radius 3 is 2.87 bits per heavy atom. The van der Waals surface area contributed by atoms with Crippen molar-refractivity contribution in [2.45, 2.75) is 26.4 Å². The van der Waals surface area contributed by atoms with E-state index in [1.165, 1.54) is 0 Å². The monoisotopic (exact) mass is 205 g/mol. The molecule has 2 heterocycles. The van der Waals surface area contributed by atoms with E-state index in [-0.39, 0.29) is 6.04 Å². The second-order valence-corrected chi connectivity index (χ2v) is 3.56. The number of H-pyrrole nitrogens is 1. The van der Waals surface area contributed by atoms with Gasteiger partial charge in [0.05, 0.1) is 24.1 Å². The zero-order valence-electron chi connectivity index (χ0n) is 8.94. The lowest BCUT2D eigenvalue weighted by atomic mass is 10.3. The maximum Gasteiger partial charge on any atom is 0.123 e. The van der Waals surface area contributed by atoms with E-state index >= 15 is 0 Å². The van der Waals surface area contributed by atoms with Gasteiger partial charge < -0.3 is 10.7 Å². The van der Waals surface area contributed by atoms with Crippen LogP contribution in [0.15, 0.2) is 18.6 Å². The van der Waals surface area contributed by atoms with Crippen LogP contribution in [0.25, 0.3) is 11.3 Å². The van der Waals surface area contributed by atoms with Crippen LogP contribution in [-0.2, 0) is 6.54 Å². The number of rotatable bonds is 3. The first kappa shape index (κ1) is 9.92. The van der Waals surface area contributed by atoms with Crippen LogP contribution in [0, 0.1) is 0 Å². The number of aryl methyl sites for hydroxylation is 1. The molecular formula is C10H15N5. The molecule has 0 saturated heterocycles. The molecule has 2 aromatic rings. The maximum absolute atomic E-state index is 5.72. The van der Waals surface area contributed by atoms with Gasteiger partial charge in [-0.1, -0.05) is 0 Å². The van der Waals surface area contributed by atoms with Gasteiger partial charge in [0, 0.05) is 18.3 Å². The zero-order valence-corrected chi connectivity index (χ0v) is 8.94. The fraction of sp³-hybridized carbons (Fsp3) is 0.400. The first-order valence-corrected chi connectivity index (χ1v) is 5.04. The van der Waals surface area contributed by atoms with E-state index in [0.717, 1.165) is 23.6 Å². The molecule has 0 aliphatic carbocycles. The number of nitrogens with one attached hydrogen (secondary N) is 1. The lowest BCUT2D eigenvalue weighted by molar-refractivity contribution is 0.660. The summed E-state index contributed by atoms with van der Waals surface area (Å²) in [7, 11) is 0. The third-order valence-electron chi connectivity index (χ3n) is 2.30. The van der Waals surface area contributed by atoms with Crippen LogP contribution in [0.5, 0.6) is 0 Å². The predicted octanol–water partition coefficient (Wildman–Crippen LogP) is 1.31. The van der Waals surface area contributed by atoms with E-state index in [1.54, 1.807) is 6.20 Å². The van der Waals surface area contributed by atoms with E-state index in [2.05, 4.69) is 22.0 Å². The molecular weight excluding hydrogens is 190 g/mol. The second kappa shape index (κ2) is 3.86. The van der Waals surface area contributed by atoms with Crippen molar-refractivity contribution in [2.75, 3.05) is 0 Å². The van der Waals surface area contributed by atoms with Crippen molar-refractivity contribution in [1.29, 1.82) is 0 Å². The van der Waals surface area contributed by atoms with Crippen molar-refractivity contribution >= 4 is 0 Å². The minimum Gasteiger partial charge on any atom is -0.341 e. The molecule has 0 amide bonds. The van der Waals surface area contributed by atoms with E-state index in [9.17, 15) is 0 Å². The molecule has 2 aromatic heterocycles. The van der Waals surface area contributed by atoms with Crippen LogP contribution in [-0.4, -0.2) is 19.7 Å². The number of nitrogens with two attached hydrogens (primary N) is 1. The van der Waals surface area contributed by atoms with Crippen molar-refractivity contribution in [3.8, 4) is 11.3 Å². The van der Waals surface area contributed by atoms with Gasteiger partial charge in [-0.25, -0.2) is 4.98 Å². The average Bonchev–Trinajstić information content (AvgIpc) is 2.86. The van der Waals surface area contributed by atoms with Crippen LogP contribution < -0.4 is 5.73 Å². The van der Waals surface area contributed by atoms with Crippen LogP contribution >= 0.6 is 0 Å². The van der Waals surface area contributed by atoms with Gasteiger partial charge in [0.2, 0.25) is 0 Å². The van der Waals surface area contributed by atoms with Crippen molar-refractivity contribution in [3.63, 3.8) is 0 Å². The number of imidazole rings is 1. The largest absolute Gasteiger partial charge is 0.341 e. The Hall–Kier alpha value is -1.62. The van der Waals surface area contributed by atoms with E-state index in [4.69, 9.17) is 5.73 Å². The lowest BCUT2D eigenvalue weighted by Crippen LogP contribution is -2.06. The van der Waals surface area contributed by atoms with E-state index < -0.39 is 0 Å². The molecule has 0 aromatic carbocycles. The third-order valence-corrected chi connectivity index (χ3v) is 2.30. The van der Waals surface area contributed by atoms with Gasteiger partial charge in [-0.3, -0.25) is 4.68 Å². The summed E-state index contributed by atoms with van der Waals surface area (Å²) in [5.41, 5.74) is 7.72. The highest BCUT2D eigenvalue weighted by molar-refractivity contribution is 5.56. The lowest BCUT2D eigenvalue weighted by Gasteiger charge is -1.97. The summed E-state index contributed by atoms with van der Waals surface area (Å²) in [5.74, 6) is 0.800. The first-order valence-electron chi connectivity index (χ1n) is 5.04. The molecule has 5 heteroatoms. The van der Waals surface area contributed by atoms with Crippen LogP contribution in [0.3, 0.4) is 0 Å². The molecule has 5 nitrogen and oxygen atoms in total. The van der Waals surface area contributed by atoms with Gasteiger partial charge in [0.1, 0.15) is 5.82 Å². The van der Waals surface area contributed by atoms with Gasteiger partial charge in [0.25, 0.3) is 0 Å². The quantitative estimate of drug-likeness (QED) is 0.793. The van der Waals surface area contributed by atoms with Crippen molar-refractivity contribution in [3.05, 3.63) is 24.4 Å². The number of hydrogen-bond acceptors (Lipinski definition) is 3. The summed E-state index contributed by atoms with van der Waals surface area (Å²) < 4.78 is 1.88. The van der Waals surface area contributed by atoms with Gasteiger partial charge in [-0.05, 0) is 13.8 Å². The minimum absolute atomic E-state index is 0.0695. The standard InChI is InChI=1S/C10H15N5/c1-3-15-6-8(4-13-15)9-5-12-10(14-9)7(2)11/h4-7H,3,11H2,1-2H3,(H,12,14). The highest BCUT2D eigenvalue weighted by Crippen LogP contribution is 2.17. The Labute approximate surface area is 88.3 Å². The molecule has 0 saturated carbocycles. The summed E-state index contributed by atoms with van der Waals surface area (Å²) in [6.45, 7) is 4.82. The molecule has 0 spiro atoms. The molecule has 1 atom stereocenters. The zero-order chi connectivity index (χ0) is 10.8. The smallest absolute Gasteiger partial charge is 0.123 e. The normalized spacial score (nSPS) is 13.0. The highest BCUT2D eigenvalue weighted by Gasteiger charge is 2.07. The minimum atomic E-state index is -0.0695. The Morgan fingerprint density at radius 2 is 2.33 bits per heavy atom. The number of aromatic nitrogens is 4. The highest BCUT2D eigenvalue weighted by atomic mass is 15.3. The van der Waals surface area contributed by atoms with Crippen LogP contribution in [0.4, 0.5) is 0 Å². The molecule has 0 radical (unpaired) electrons. The second-order valence-electron chi connectivity index (χ2n) is 3.56. The fourth-order valence-corrected chi connectivity index (χ4v) is 1.39. The Bertz CT molecular complexity index is 440. The van der Waals surface area contributed by atoms with Gasteiger partial charge in [0.15, 0.2) is 0 Å². The molecule has 0 aliphatic heterocycles. The number of aromatic amines is 1. The third kappa shape index (κ3) is 1.92. The molecule has 2 rings (SSSR count). The Morgan fingerprint density at radius 1 is 1.53 bits per heavy atom.